The molecule has 0 aliphatic carbocycles. The number of halogens is 2. The molecule has 44 heavy (non-hydrogen) atoms. The molecule has 8 nitrogen and oxygen atoms in total. The topological polar surface area (TPSA) is 78.8 Å². The molecule has 1 fully saturated rings. The highest BCUT2D eigenvalue weighted by atomic mass is 32.2. The van der Waals surface area contributed by atoms with Crippen molar-refractivity contribution in [3.8, 4) is 16.9 Å². The maximum absolute atomic E-state index is 15.4. The van der Waals surface area contributed by atoms with E-state index in [1.54, 1.807) is 14.5 Å². The van der Waals surface area contributed by atoms with Crippen LogP contribution in [0.25, 0.3) is 16.9 Å². The Balaban J connectivity index is 1.53. The summed E-state index contributed by atoms with van der Waals surface area (Å²) in [4.78, 5) is 44.3. The molecule has 0 N–H and O–H groups in total. The monoisotopic (exact) mass is 615 g/mol. The van der Waals surface area contributed by atoms with E-state index in [9.17, 15) is 18.8 Å². The average Bonchev–Trinajstić information content (AvgIpc) is 3.35. The minimum atomic E-state index is -0.726. The number of aryl methyl sites for hydroxylation is 1. The van der Waals surface area contributed by atoms with E-state index in [4.69, 9.17) is 5.10 Å². The Labute approximate surface area is 258 Å². The molecule has 1 atom stereocenters. The lowest BCUT2D eigenvalue weighted by Gasteiger charge is -2.35. The number of aromatic nitrogens is 2. The maximum Gasteiger partial charge on any atom is 0.242 e. The summed E-state index contributed by atoms with van der Waals surface area (Å²) in [7, 11) is 0. The Morgan fingerprint density at radius 1 is 0.932 bits per heavy atom. The number of carbonyl (C=O) groups is 3. The second-order valence-electron chi connectivity index (χ2n) is 10.9. The first-order valence-electron chi connectivity index (χ1n) is 14.4. The highest BCUT2D eigenvalue weighted by molar-refractivity contribution is 8.00. The van der Waals surface area contributed by atoms with Crippen LogP contribution in [0.3, 0.4) is 0 Å². The Morgan fingerprint density at radius 2 is 1.66 bits per heavy atom. The number of piperazine rings is 1. The first kappa shape index (κ1) is 29.6. The zero-order chi connectivity index (χ0) is 31.0. The third-order valence-corrected chi connectivity index (χ3v) is 9.24. The van der Waals surface area contributed by atoms with Crippen molar-refractivity contribution in [2.24, 2.45) is 0 Å². The third-order valence-electron chi connectivity index (χ3n) is 8.00. The lowest BCUT2D eigenvalue weighted by molar-refractivity contribution is -0.137. The fourth-order valence-electron chi connectivity index (χ4n) is 5.73. The van der Waals surface area contributed by atoms with Gasteiger partial charge in [-0.05, 0) is 30.7 Å². The number of hydrogen-bond donors (Lipinski definition) is 0. The van der Waals surface area contributed by atoms with Crippen LogP contribution in [0.4, 0.5) is 14.6 Å². The van der Waals surface area contributed by atoms with Crippen molar-refractivity contribution in [3.63, 3.8) is 0 Å². The first-order chi connectivity index (χ1) is 21.2. The molecule has 11 heteroatoms. The van der Waals surface area contributed by atoms with Gasteiger partial charge in [-0.15, -0.1) is 11.8 Å². The van der Waals surface area contributed by atoms with E-state index < -0.39 is 16.9 Å². The molecule has 4 aromatic rings. The second kappa shape index (κ2) is 12.2. The molecular formula is C33H31F2N5O3S. The molecule has 1 unspecified atom stereocenters. The Hall–Kier alpha value is -4.51. The summed E-state index contributed by atoms with van der Waals surface area (Å²) >= 11 is 1.22. The number of anilines is 1. The molecule has 2 aliphatic rings. The van der Waals surface area contributed by atoms with Crippen molar-refractivity contribution in [1.29, 1.82) is 0 Å². The number of benzene rings is 3. The van der Waals surface area contributed by atoms with Gasteiger partial charge in [0.05, 0.1) is 22.4 Å². The van der Waals surface area contributed by atoms with Crippen molar-refractivity contribution in [3.05, 3.63) is 101 Å². The zero-order valence-electron chi connectivity index (χ0n) is 24.4. The molecule has 3 heterocycles. The normalized spacial score (nSPS) is 17.0. The molecule has 1 saturated heterocycles. The lowest BCUT2D eigenvalue weighted by Crippen LogP contribution is -2.53. The van der Waals surface area contributed by atoms with Gasteiger partial charge in [0.2, 0.25) is 17.7 Å². The number of carbonyl (C=O) groups excluding carboxylic acids is 3. The summed E-state index contributed by atoms with van der Waals surface area (Å²) in [5.41, 5.74) is 3.71. The fraction of sp³-hybridized carbons (Fsp3) is 0.273. The van der Waals surface area contributed by atoms with Crippen LogP contribution in [-0.4, -0.2) is 75.8 Å². The Kier molecular flexibility index (Phi) is 8.22. The van der Waals surface area contributed by atoms with Crippen LogP contribution in [-0.2, 0) is 14.4 Å². The molecule has 0 saturated carbocycles. The van der Waals surface area contributed by atoms with E-state index >= 15 is 4.39 Å². The van der Waals surface area contributed by atoms with E-state index in [1.807, 2.05) is 61.5 Å². The number of hydrogen-bond acceptors (Lipinski definition) is 5. The minimum absolute atomic E-state index is 0.0381. The van der Waals surface area contributed by atoms with Gasteiger partial charge in [0.1, 0.15) is 24.0 Å². The summed E-state index contributed by atoms with van der Waals surface area (Å²) in [6, 6.07) is 20.5. The van der Waals surface area contributed by atoms with Gasteiger partial charge in [0.15, 0.2) is 0 Å². The van der Waals surface area contributed by atoms with Gasteiger partial charge in [-0.1, -0.05) is 48.5 Å². The summed E-state index contributed by atoms with van der Waals surface area (Å²) < 4.78 is 31.1. The Bertz CT molecular complexity index is 1740. The van der Waals surface area contributed by atoms with Gasteiger partial charge in [-0.2, -0.15) is 5.10 Å². The van der Waals surface area contributed by atoms with Crippen molar-refractivity contribution in [1.82, 2.24) is 19.6 Å². The van der Waals surface area contributed by atoms with Gasteiger partial charge in [0.25, 0.3) is 0 Å². The van der Waals surface area contributed by atoms with Crippen LogP contribution in [0.1, 0.15) is 28.9 Å². The lowest BCUT2D eigenvalue weighted by atomic mass is 9.99. The zero-order valence-corrected chi connectivity index (χ0v) is 25.2. The smallest absolute Gasteiger partial charge is 0.242 e. The van der Waals surface area contributed by atoms with Crippen molar-refractivity contribution < 1.29 is 23.2 Å². The second-order valence-corrected chi connectivity index (χ2v) is 12.0. The van der Waals surface area contributed by atoms with Crippen LogP contribution in [0, 0.1) is 18.6 Å². The van der Waals surface area contributed by atoms with Crippen LogP contribution >= 0.6 is 11.8 Å². The standard InChI is InChI=1S/C33H31F2N5O3S/c1-21-7-6-10-25(17-21)40-33-30(31(36-40)23-8-4-3-5-9-23)32(26-12-11-24(34)18-27(26)35)44-20-29(43)39(33)19-28(42)38-15-13-37(14-16-38)22(2)41/h3-12,17-18,32H,13-16,19-20H2,1-2H3. The number of rotatable bonds is 5. The molecule has 6 rings (SSSR count). The predicted octanol–water partition coefficient (Wildman–Crippen LogP) is 4.99. The Morgan fingerprint density at radius 3 is 2.34 bits per heavy atom. The predicted molar refractivity (Wildman–Crippen MR) is 166 cm³/mol. The van der Waals surface area contributed by atoms with Crippen molar-refractivity contribution in [2.45, 2.75) is 19.1 Å². The van der Waals surface area contributed by atoms with E-state index in [0.717, 1.165) is 17.2 Å². The van der Waals surface area contributed by atoms with Crippen LogP contribution in [0.5, 0.6) is 0 Å². The summed E-state index contributed by atoms with van der Waals surface area (Å²) in [5.74, 6) is -1.73. The van der Waals surface area contributed by atoms with Crippen molar-refractivity contribution >= 4 is 35.3 Å². The minimum Gasteiger partial charge on any atom is -0.339 e. The van der Waals surface area contributed by atoms with Crippen molar-refractivity contribution in [2.75, 3.05) is 43.4 Å². The van der Waals surface area contributed by atoms with Gasteiger partial charge >= 0.3 is 0 Å². The van der Waals surface area contributed by atoms with Crippen LogP contribution < -0.4 is 4.90 Å². The number of amides is 3. The van der Waals surface area contributed by atoms with Gasteiger partial charge in [0, 0.05) is 55.9 Å². The molecule has 0 radical (unpaired) electrons. The number of fused-ring (bicyclic) bond motifs is 1. The number of thioether (sulfide) groups is 1. The molecule has 226 valence electrons. The SMILES string of the molecule is CC(=O)N1CCN(C(=O)CN2C(=O)CSC(c3ccc(F)cc3F)c3c(-c4ccccc4)nn(-c4cccc(C)c4)c32)CC1. The summed E-state index contributed by atoms with van der Waals surface area (Å²) in [6.07, 6.45) is 0. The van der Waals surface area contributed by atoms with Gasteiger partial charge in [-0.3, -0.25) is 19.3 Å². The molecule has 3 aromatic carbocycles. The molecule has 0 spiro atoms. The van der Waals surface area contributed by atoms with E-state index in [-0.39, 0.29) is 35.6 Å². The van der Waals surface area contributed by atoms with Crippen LogP contribution in [0.15, 0.2) is 72.8 Å². The molecule has 0 bridgehead atoms. The first-order valence-corrected chi connectivity index (χ1v) is 15.4. The third kappa shape index (κ3) is 5.71. The average molecular weight is 616 g/mol. The maximum atomic E-state index is 15.4. The molecule has 1 aromatic heterocycles. The van der Waals surface area contributed by atoms with Gasteiger partial charge in [-0.25, -0.2) is 13.5 Å². The summed E-state index contributed by atoms with van der Waals surface area (Å²) in [5, 5.41) is 4.30. The molecule has 3 amide bonds. The highest BCUT2D eigenvalue weighted by Gasteiger charge is 2.39. The molecular weight excluding hydrogens is 584 g/mol. The number of nitrogens with zero attached hydrogens (tertiary/aromatic N) is 5. The van der Waals surface area contributed by atoms with Gasteiger partial charge < -0.3 is 9.80 Å². The highest BCUT2D eigenvalue weighted by Crippen LogP contribution is 2.49. The van der Waals surface area contributed by atoms with Crippen LogP contribution in [0.2, 0.25) is 0 Å². The molecule has 2 aliphatic heterocycles. The van der Waals surface area contributed by atoms with E-state index in [0.29, 0.717) is 48.9 Å². The summed E-state index contributed by atoms with van der Waals surface area (Å²) in [6.45, 7) is 4.75. The van der Waals surface area contributed by atoms with E-state index in [2.05, 4.69) is 0 Å². The fourth-order valence-corrected chi connectivity index (χ4v) is 6.95. The quantitative estimate of drug-likeness (QED) is 0.316. The largest absolute Gasteiger partial charge is 0.339 e. The van der Waals surface area contributed by atoms with E-state index in [1.165, 1.54) is 35.7 Å².